The highest BCUT2D eigenvalue weighted by Crippen LogP contribution is 2.13. The predicted molar refractivity (Wildman–Crippen MR) is 57.9 cm³/mol. The van der Waals surface area contributed by atoms with E-state index in [2.05, 4.69) is 31.1 Å². The van der Waals surface area contributed by atoms with Gasteiger partial charge in [-0.25, -0.2) is 0 Å². The summed E-state index contributed by atoms with van der Waals surface area (Å²) in [6, 6.07) is 0.417. The van der Waals surface area contributed by atoms with Gasteiger partial charge in [-0.3, -0.25) is 11.3 Å². The van der Waals surface area contributed by atoms with Crippen LogP contribution in [0.25, 0.3) is 0 Å². The fourth-order valence-electron chi connectivity index (χ4n) is 1.54. The molecule has 0 saturated carbocycles. The van der Waals surface area contributed by atoms with Gasteiger partial charge >= 0.3 is 0 Å². The number of hydrogen-bond donors (Lipinski definition) is 2. The Morgan fingerprint density at radius 2 is 2.08 bits per heavy atom. The normalized spacial score (nSPS) is 14.5. The lowest BCUT2D eigenvalue weighted by Gasteiger charge is -2.21. The smallest absolute Gasteiger partial charge is 0.0245 e. The average molecular weight is 182 g/mol. The number of hydrogen-bond acceptors (Lipinski definition) is 2. The fraction of sp³-hybridized carbons (Fsp3) is 0.818. The zero-order chi connectivity index (χ0) is 10.1. The SMILES string of the molecule is CC#CCCC(NN)C(C)CCC. The second-order valence-electron chi connectivity index (χ2n) is 3.50. The van der Waals surface area contributed by atoms with Crippen LogP contribution >= 0.6 is 0 Å². The molecular formula is C11H22N2. The van der Waals surface area contributed by atoms with Crippen molar-refractivity contribution >= 4 is 0 Å². The van der Waals surface area contributed by atoms with Gasteiger partial charge in [0.1, 0.15) is 0 Å². The molecule has 3 N–H and O–H groups in total. The summed E-state index contributed by atoms with van der Waals surface area (Å²) in [7, 11) is 0. The average Bonchev–Trinajstić information content (AvgIpc) is 2.13. The first-order valence-electron chi connectivity index (χ1n) is 5.12. The first kappa shape index (κ1) is 12.5. The van der Waals surface area contributed by atoms with Crippen LogP contribution in [0, 0.1) is 17.8 Å². The van der Waals surface area contributed by atoms with Crippen molar-refractivity contribution in [2.75, 3.05) is 0 Å². The topological polar surface area (TPSA) is 38.0 Å². The van der Waals surface area contributed by atoms with Gasteiger partial charge in [0.2, 0.25) is 0 Å². The van der Waals surface area contributed by atoms with E-state index in [0.717, 1.165) is 12.8 Å². The van der Waals surface area contributed by atoms with E-state index in [4.69, 9.17) is 5.84 Å². The van der Waals surface area contributed by atoms with Crippen molar-refractivity contribution in [2.24, 2.45) is 11.8 Å². The van der Waals surface area contributed by atoms with E-state index in [1.54, 1.807) is 0 Å². The third kappa shape index (κ3) is 5.68. The fourth-order valence-corrected chi connectivity index (χ4v) is 1.54. The Balaban J connectivity index is 3.77. The number of rotatable bonds is 6. The molecule has 0 aromatic rings. The summed E-state index contributed by atoms with van der Waals surface area (Å²) in [4.78, 5) is 0. The van der Waals surface area contributed by atoms with E-state index in [9.17, 15) is 0 Å². The lowest BCUT2D eigenvalue weighted by Crippen LogP contribution is -2.39. The Morgan fingerprint density at radius 1 is 1.38 bits per heavy atom. The molecule has 0 aliphatic heterocycles. The van der Waals surface area contributed by atoms with E-state index >= 15 is 0 Å². The zero-order valence-corrected chi connectivity index (χ0v) is 9.06. The Labute approximate surface area is 82.2 Å². The van der Waals surface area contributed by atoms with E-state index in [1.807, 2.05) is 6.92 Å². The Bertz CT molecular complexity index is 167. The molecule has 0 amide bonds. The Kier molecular flexibility index (Phi) is 7.77. The number of nitrogens with two attached hydrogens (primary N) is 1. The molecule has 76 valence electrons. The first-order chi connectivity index (χ1) is 6.26. The summed E-state index contributed by atoms with van der Waals surface area (Å²) in [5.41, 5.74) is 2.88. The summed E-state index contributed by atoms with van der Waals surface area (Å²) in [5, 5.41) is 0. The van der Waals surface area contributed by atoms with Crippen LogP contribution in [0.1, 0.15) is 46.5 Å². The number of hydrazine groups is 1. The van der Waals surface area contributed by atoms with Crippen LogP contribution in [0.2, 0.25) is 0 Å². The van der Waals surface area contributed by atoms with Gasteiger partial charge in [0.05, 0.1) is 0 Å². The Morgan fingerprint density at radius 3 is 2.54 bits per heavy atom. The second-order valence-corrected chi connectivity index (χ2v) is 3.50. The van der Waals surface area contributed by atoms with Crippen LogP contribution in [0.3, 0.4) is 0 Å². The summed E-state index contributed by atoms with van der Waals surface area (Å²) >= 11 is 0. The maximum Gasteiger partial charge on any atom is 0.0245 e. The molecule has 0 aromatic heterocycles. The summed E-state index contributed by atoms with van der Waals surface area (Å²) < 4.78 is 0. The van der Waals surface area contributed by atoms with Gasteiger partial charge in [-0.1, -0.05) is 20.3 Å². The van der Waals surface area contributed by atoms with E-state index < -0.39 is 0 Å². The van der Waals surface area contributed by atoms with Gasteiger partial charge in [0.15, 0.2) is 0 Å². The van der Waals surface area contributed by atoms with Crippen molar-refractivity contribution in [1.82, 2.24) is 5.43 Å². The maximum atomic E-state index is 5.49. The van der Waals surface area contributed by atoms with Crippen molar-refractivity contribution in [3.63, 3.8) is 0 Å². The van der Waals surface area contributed by atoms with Gasteiger partial charge in [-0.15, -0.1) is 11.8 Å². The molecular weight excluding hydrogens is 160 g/mol. The Hall–Kier alpha value is -0.520. The van der Waals surface area contributed by atoms with Crippen molar-refractivity contribution in [2.45, 2.75) is 52.5 Å². The highest BCUT2D eigenvalue weighted by atomic mass is 15.2. The minimum atomic E-state index is 0.417. The molecule has 0 aromatic carbocycles. The molecule has 0 rings (SSSR count). The van der Waals surface area contributed by atoms with Gasteiger partial charge in [0.25, 0.3) is 0 Å². The van der Waals surface area contributed by atoms with Crippen LogP contribution in [0.4, 0.5) is 0 Å². The summed E-state index contributed by atoms with van der Waals surface area (Å²) in [6.07, 6.45) is 4.45. The molecule has 0 spiro atoms. The van der Waals surface area contributed by atoms with Crippen LogP contribution in [0.15, 0.2) is 0 Å². The van der Waals surface area contributed by atoms with Crippen molar-refractivity contribution in [3.8, 4) is 11.8 Å². The van der Waals surface area contributed by atoms with Gasteiger partial charge in [-0.05, 0) is 25.7 Å². The standard InChI is InChI=1S/C11H22N2/c1-4-6-7-9-11(13-12)10(3)8-5-2/h10-11,13H,5,7-9,12H2,1-3H3. The molecule has 0 heterocycles. The predicted octanol–water partition coefficient (Wildman–Crippen LogP) is 2.06. The molecule has 0 aliphatic rings. The van der Waals surface area contributed by atoms with Crippen molar-refractivity contribution in [1.29, 1.82) is 0 Å². The van der Waals surface area contributed by atoms with Gasteiger partial charge < -0.3 is 0 Å². The highest BCUT2D eigenvalue weighted by Gasteiger charge is 2.13. The maximum absolute atomic E-state index is 5.49. The lowest BCUT2D eigenvalue weighted by molar-refractivity contribution is 0.344. The molecule has 0 radical (unpaired) electrons. The van der Waals surface area contributed by atoms with Crippen LogP contribution in [0.5, 0.6) is 0 Å². The molecule has 2 atom stereocenters. The van der Waals surface area contributed by atoms with E-state index in [1.165, 1.54) is 12.8 Å². The minimum absolute atomic E-state index is 0.417. The van der Waals surface area contributed by atoms with Crippen LogP contribution < -0.4 is 11.3 Å². The summed E-state index contributed by atoms with van der Waals surface area (Å²) in [6.45, 7) is 6.32. The highest BCUT2D eigenvalue weighted by molar-refractivity contribution is 4.95. The van der Waals surface area contributed by atoms with Crippen LogP contribution in [-0.4, -0.2) is 6.04 Å². The van der Waals surface area contributed by atoms with E-state index in [0.29, 0.717) is 12.0 Å². The molecule has 13 heavy (non-hydrogen) atoms. The van der Waals surface area contributed by atoms with Gasteiger partial charge in [0, 0.05) is 12.5 Å². The molecule has 0 fully saturated rings. The third-order valence-electron chi connectivity index (χ3n) is 2.40. The lowest BCUT2D eigenvalue weighted by atomic mass is 9.94. The molecule has 0 bridgehead atoms. The van der Waals surface area contributed by atoms with Crippen LogP contribution in [-0.2, 0) is 0 Å². The second kappa shape index (κ2) is 8.10. The third-order valence-corrected chi connectivity index (χ3v) is 2.40. The van der Waals surface area contributed by atoms with E-state index in [-0.39, 0.29) is 0 Å². The molecule has 0 saturated heterocycles. The molecule has 2 nitrogen and oxygen atoms in total. The largest absolute Gasteiger partial charge is 0.271 e. The molecule has 2 unspecified atom stereocenters. The van der Waals surface area contributed by atoms with Crippen molar-refractivity contribution in [3.05, 3.63) is 0 Å². The minimum Gasteiger partial charge on any atom is -0.271 e. The molecule has 0 aliphatic carbocycles. The molecule has 2 heteroatoms. The quantitative estimate of drug-likeness (QED) is 0.375. The monoisotopic (exact) mass is 182 g/mol. The summed E-state index contributed by atoms with van der Waals surface area (Å²) in [5.74, 6) is 12.1. The van der Waals surface area contributed by atoms with Crippen molar-refractivity contribution < 1.29 is 0 Å². The number of nitrogens with one attached hydrogen (secondary N) is 1. The zero-order valence-electron chi connectivity index (χ0n) is 9.06. The first-order valence-corrected chi connectivity index (χ1v) is 5.12. The van der Waals surface area contributed by atoms with Gasteiger partial charge in [-0.2, -0.15) is 0 Å².